The maximum absolute atomic E-state index is 12.2. The first-order valence-corrected chi connectivity index (χ1v) is 9.12. The van der Waals surface area contributed by atoms with Crippen molar-refractivity contribution in [3.05, 3.63) is 69.7 Å². The second kappa shape index (κ2) is 8.22. The van der Waals surface area contributed by atoms with Crippen LogP contribution >= 0.6 is 15.9 Å². The second-order valence-electron chi connectivity index (χ2n) is 5.74. The molecule has 0 amide bonds. The van der Waals surface area contributed by atoms with Crippen LogP contribution < -0.4 is 9.47 Å². The molecular weight excluding hydrogens is 412 g/mol. The van der Waals surface area contributed by atoms with Crippen molar-refractivity contribution in [3.63, 3.8) is 0 Å². The van der Waals surface area contributed by atoms with E-state index in [4.69, 9.17) is 14.2 Å². The molecule has 0 saturated heterocycles. The maximum Gasteiger partial charge on any atom is 0.343 e. The highest BCUT2D eigenvalue weighted by molar-refractivity contribution is 9.10. The lowest BCUT2D eigenvalue weighted by Crippen LogP contribution is -2.04. The molecule has 138 valence electrons. The van der Waals surface area contributed by atoms with Crippen LogP contribution in [0.4, 0.5) is 0 Å². The van der Waals surface area contributed by atoms with Crippen LogP contribution in [0.2, 0.25) is 0 Å². The average Bonchev–Trinajstić information content (AvgIpc) is 2.98. The Morgan fingerprint density at radius 2 is 1.89 bits per heavy atom. The van der Waals surface area contributed by atoms with E-state index < -0.39 is 11.9 Å². The van der Waals surface area contributed by atoms with Gasteiger partial charge in [-0.25, -0.2) is 4.79 Å². The molecule has 0 spiro atoms. The van der Waals surface area contributed by atoms with Crippen molar-refractivity contribution in [2.24, 2.45) is 0 Å². The van der Waals surface area contributed by atoms with E-state index in [0.29, 0.717) is 29.4 Å². The minimum atomic E-state index is -0.427. The van der Waals surface area contributed by atoms with E-state index >= 15 is 0 Å². The largest absolute Gasteiger partial charge is 0.490 e. The van der Waals surface area contributed by atoms with Crippen molar-refractivity contribution in [1.29, 1.82) is 0 Å². The number of rotatable bonds is 5. The summed E-state index contributed by atoms with van der Waals surface area (Å²) in [5, 5.41) is 0. The number of esters is 2. The molecule has 1 heterocycles. The summed E-state index contributed by atoms with van der Waals surface area (Å²) in [6, 6.07) is 12.6. The molecule has 0 fully saturated rings. The summed E-state index contributed by atoms with van der Waals surface area (Å²) < 4.78 is 17.0. The smallest absolute Gasteiger partial charge is 0.343 e. The van der Waals surface area contributed by atoms with Gasteiger partial charge in [0.2, 0.25) is 0 Å². The minimum Gasteiger partial charge on any atom is -0.490 e. The monoisotopic (exact) mass is 428 g/mol. The van der Waals surface area contributed by atoms with E-state index in [-0.39, 0.29) is 0 Å². The van der Waals surface area contributed by atoms with Crippen molar-refractivity contribution < 1.29 is 23.8 Å². The standard InChI is InChI=1S/C21H17BrO5/c1-3-25-20-11-14(4-9-18(20)26-13(2)23)10-16-12-19(27-21(16)24)15-5-7-17(22)8-6-15/h4-12H,3H2,1-2H3/b16-10-. The summed E-state index contributed by atoms with van der Waals surface area (Å²) in [6.45, 7) is 3.59. The fourth-order valence-electron chi connectivity index (χ4n) is 2.55. The number of halogens is 1. The van der Waals surface area contributed by atoms with Crippen LogP contribution in [-0.2, 0) is 14.3 Å². The minimum absolute atomic E-state index is 0.339. The summed E-state index contributed by atoms with van der Waals surface area (Å²) in [5.74, 6) is 0.427. The quantitative estimate of drug-likeness (QED) is 0.390. The van der Waals surface area contributed by atoms with E-state index in [9.17, 15) is 9.59 Å². The summed E-state index contributed by atoms with van der Waals surface area (Å²) in [6.07, 6.45) is 3.40. The normalized spacial score (nSPS) is 14.7. The van der Waals surface area contributed by atoms with Gasteiger partial charge < -0.3 is 14.2 Å². The molecule has 0 radical (unpaired) electrons. The molecule has 0 aromatic heterocycles. The maximum atomic E-state index is 12.2. The molecule has 0 N–H and O–H groups in total. The first kappa shape index (κ1) is 18.9. The number of cyclic esters (lactones) is 1. The highest BCUT2D eigenvalue weighted by atomic mass is 79.9. The lowest BCUT2D eigenvalue weighted by atomic mass is 10.1. The summed E-state index contributed by atoms with van der Waals surface area (Å²) in [5.41, 5.74) is 1.97. The Kier molecular flexibility index (Phi) is 5.76. The first-order valence-electron chi connectivity index (χ1n) is 8.33. The van der Waals surface area contributed by atoms with Gasteiger partial charge in [-0.1, -0.05) is 34.1 Å². The summed E-state index contributed by atoms with van der Waals surface area (Å²) >= 11 is 3.38. The third kappa shape index (κ3) is 4.65. The number of hydrogen-bond acceptors (Lipinski definition) is 5. The molecule has 5 nitrogen and oxygen atoms in total. The van der Waals surface area contributed by atoms with Crippen LogP contribution in [0, 0.1) is 0 Å². The van der Waals surface area contributed by atoms with Crippen LogP contribution in [0.5, 0.6) is 11.5 Å². The molecule has 1 aliphatic heterocycles. The van der Waals surface area contributed by atoms with E-state index in [1.165, 1.54) is 6.92 Å². The van der Waals surface area contributed by atoms with Crippen molar-refractivity contribution in [3.8, 4) is 11.5 Å². The third-order valence-corrected chi connectivity index (χ3v) is 4.23. The van der Waals surface area contributed by atoms with Gasteiger partial charge in [0, 0.05) is 17.0 Å². The Morgan fingerprint density at radius 3 is 2.56 bits per heavy atom. The van der Waals surface area contributed by atoms with Gasteiger partial charge >= 0.3 is 11.9 Å². The fraction of sp³-hybridized carbons (Fsp3) is 0.143. The molecule has 6 heteroatoms. The van der Waals surface area contributed by atoms with E-state index in [2.05, 4.69) is 15.9 Å². The van der Waals surface area contributed by atoms with Gasteiger partial charge in [-0.05, 0) is 48.9 Å². The third-order valence-electron chi connectivity index (χ3n) is 3.70. The van der Waals surface area contributed by atoms with E-state index in [0.717, 1.165) is 15.6 Å². The number of benzene rings is 2. The highest BCUT2D eigenvalue weighted by Gasteiger charge is 2.22. The van der Waals surface area contributed by atoms with Crippen LogP contribution in [0.25, 0.3) is 11.8 Å². The van der Waals surface area contributed by atoms with Crippen LogP contribution in [-0.4, -0.2) is 18.5 Å². The lowest BCUT2D eigenvalue weighted by molar-refractivity contribution is -0.132. The van der Waals surface area contributed by atoms with Gasteiger partial charge in [-0.3, -0.25) is 4.79 Å². The van der Waals surface area contributed by atoms with Crippen LogP contribution in [0.1, 0.15) is 25.0 Å². The number of carbonyl (C=O) groups is 2. The predicted octanol–water partition coefficient (Wildman–Crippen LogP) is 4.75. The second-order valence-corrected chi connectivity index (χ2v) is 6.65. The Labute approximate surface area is 165 Å². The Balaban J connectivity index is 1.91. The van der Waals surface area contributed by atoms with Gasteiger partial charge in [0.15, 0.2) is 11.5 Å². The van der Waals surface area contributed by atoms with Gasteiger partial charge in [0.25, 0.3) is 0 Å². The average molecular weight is 429 g/mol. The van der Waals surface area contributed by atoms with Gasteiger partial charge in [0.1, 0.15) is 5.76 Å². The summed E-state index contributed by atoms with van der Waals surface area (Å²) in [4.78, 5) is 23.4. The predicted molar refractivity (Wildman–Crippen MR) is 105 cm³/mol. The first-order chi connectivity index (χ1) is 13.0. The molecule has 0 unspecified atom stereocenters. The molecule has 2 aromatic rings. The van der Waals surface area contributed by atoms with Crippen molar-refractivity contribution >= 4 is 39.7 Å². The van der Waals surface area contributed by atoms with Crippen molar-refractivity contribution in [2.75, 3.05) is 6.61 Å². The zero-order chi connectivity index (χ0) is 19.4. The zero-order valence-corrected chi connectivity index (χ0v) is 16.4. The van der Waals surface area contributed by atoms with Crippen molar-refractivity contribution in [2.45, 2.75) is 13.8 Å². The van der Waals surface area contributed by atoms with E-state index in [1.807, 2.05) is 31.2 Å². The lowest BCUT2D eigenvalue weighted by Gasteiger charge is -2.10. The molecular formula is C21H17BrO5. The van der Waals surface area contributed by atoms with E-state index in [1.54, 1.807) is 30.4 Å². The zero-order valence-electron chi connectivity index (χ0n) is 14.8. The van der Waals surface area contributed by atoms with Gasteiger partial charge in [0.05, 0.1) is 12.2 Å². The summed E-state index contributed by atoms with van der Waals surface area (Å²) in [7, 11) is 0. The number of hydrogen-bond donors (Lipinski definition) is 0. The van der Waals surface area contributed by atoms with Crippen LogP contribution in [0.15, 0.2) is 58.6 Å². The van der Waals surface area contributed by atoms with Gasteiger partial charge in [-0.15, -0.1) is 0 Å². The number of carbonyl (C=O) groups excluding carboxylic acids is 2. The molecule has 0 aliphatic carbocycles. The molecule has 0 atom stereocenters. The highest BCUT2D eigenvalue weighted by Crippen LogP contribution is 2.32. The molecule has 3 rings (SSSR count). The molecule has 1 aliphatic rings. The fourth-order valence-corrected chi connectivity index (χ4v) is 2.81. The number of ether oxygens (including phenoxy) is 3. The molecule has 27 heavy (non-hydrogen) atoms. The SMILES string of the molecule is CCOc1cc(/C=C2/C=C(c3ccc(Br)cc3)OC2=O)ccc1OC(C)=O. The Hall–Kier alpha value is -2.86. The topological polar surface area (TPSA) is 61.8 Å². The Bertz CT molecular complexity index is 942. The molecule has 0 bridgehead atoms. The van der Waals surface area contributed by atoms with Crippen molar-refractivity contribution in [1.82, 2.24) is 0 Å². The van der Waals surface area contributed by atoms with Gasteiger partial charge in [-0.2, -0.15) is 0 Å². The molecule has 2 aromatic carbocycles. The van der Waals surface area contributed by atoms with Crippen LogP contribution in [0.3, 0.4) is 0 Å². The Morgan fingerprint density at radius 1 is 1.15 bits per heavy atom. The molecule has 0 saturated carbocycles.